The zero-order valence-electron chi connectivity index (χ0n) is 11.6. The van der Waals surface area contributed by atoms with Crippen LogP contribution in [0.2, 0.25) is 0 Å². The van der Waals surface area contributed by atoms with Gasteiger partial charge in [-0.2, -0.15) is 10.2 Å². The van der Waals surface area contributed by atoms with Crippen LogP contribution in [0.4, 0.5) is 0 Å². The molecule has 6 heteroatoms. The van der Waals surface area contributed by atoms with Crippen molar-refractivity contribution in [2.75, 3.05) is 0 Å². The standard InChI is InChI=1S/C14H16N6/c1-11-8-12(2)19(18-11)7-5-14-16-10-17-20(14)13-4-3-6-15-9-13/h3-4,6,8-10H,5,7H2,1-2H3. The van der Waals surface area contributed by atoms with Gasteiger partial charge in [-0.1, -0.05) is 0 Å². The Balaban J connectivity index is 1.79. The summed E-state index contributed by atoms with van der Waals surface area (Å²) in [6.45, 7) is 4.85. The Hall–Kier alpha value is -2.50. The summed E-state index contributed by atoms with van der Waals surface area (Å²) in [5, 5.41) is 8.72. The minimum Gasteiger partial charge on any atom is -0.269 e. The van der Waals surface area contributed by atoms with Crippen molar-refractivity contribution in [3.63, 3.8) is 0 Å². The van der Waals surface area contributed by atoms with Crippen molar-refractivity contribution in [2.24, 2.45) is 0 Å². The Morgan fingerprint density at radius 1 is 1.25 bits per heavy atom. The minimum absolute atomic E-state index is 0.775. The van der Waals surface area contributed by atoms with Gasteiger partial charge >= 0.3 is 0 Å². The molecule has 3 aromatic heterocycles. The van der Waals surface area contributed by atoms with Crippen LogP contribution >= 0.6 is 0 Å². The van der Waals surface area contributed by atoms with E-state index in [1.165, 1.54) is 0 Å². The Morgan fingerprint density at radius 3 is 2.85 bits per heavy atom. The molecule has 3 heterocycles. The lowest BCUT2D eigenvalue weighted by Gasteiger charge is -2.06. The number of hydrogen-bond acceptors (Lipinski definition) is 4. The third kappa shape index (κ3) is 2.45. The van der Waals surface area contributed by atoms with Gasteiger partial charge in [-0.3, -0.25) is 9.67 Å². The van der Waals surface area contributed by atoms with Crippen LogP contribution in [0.3, 0.4) is 0 Å². The second-order valence-corrected chi connectivity index (χ2v) is 4.70. The molecule has 0 unspecified atom stereocenters. The van der Waals surface area contributed by atoms with Crippen molar-refractivity contribution in [1.82, 2.24) is 29.5 Å². The van der Waals surface area contributed by atoms with Crippen LogP contribution in [0.25, 0.3) is 5.69 Å². The summed E-state index contributed by atoms with van der Waals surface area (Å²) in [5.74, 6) is 0.908. The van der Waals surface area contributed by atoms with Crippen LogP contribution in [0.5, 0.6) is 0 Å². The lowest BCUT2D eigenvalue weighted by molar-refractivity contribution is 0.574. The van der Waals surface area contributed by atoms with Gasteiger partial charge in [0.1, 0.15) is 12.2 Å². The van der Waals surface area contributed by atoms with Gasteiger partial charge in [-0.15, -0.1) is 0 Å². The first-order chi connectivity index (χ1) is 9.74. The summed E-state index contributed by atoms with van der Waals surface area (Å²) in [6.07, 6.45) is 5.87. The van der Waals surface area contributed by atoms with Gasteiger partial charge in [0.15, 0.2) is 0 Å². The molecule has 0 amide bonds. The molecule has 0 aliphatic carbocycles. The zero-order chi connectivity index (χ0) is 13.9. The van der Waals surface area contributed by atoms with Gasteiger partial charge in [-0.25, -0.2) is 9.67 Å². The number of aromatic nitrogens is 6. The third-order valence-corrected chi connectivity index (χ3v) is 3.16. The SMILES string of the molecule is Cc1cc(C)n(CCc2ncnn2-c2cccnc2)n1. The lowest BCUT2D eigenvalue weighted by atomic mass is 10.3. The smallest absolute Gasteiger partial charge is 0.138 e. The van der Waals surface area contributed by atoms with Gasteiger partial charge in [0, 0.05) is 24.9 Å². The summed E-state index contributed by atoms with van der Waals surface area (Å²) in [4.78, 5) is 8.44. The molecule has 0 saturated carbocycles. The summed E-state index contributed by atoms with van der Waals surface area (Å²) in [6, 6.07) is 5.93. The third-order valence-electron chi connectivity index (χ3n) is 3.16. The molecule has 0 radical (unpaired) electrons. The van der Waals surface area contributed by atoms with Gasteiger partial charge in [-0.05, 0) is 32.0 Å². The molecule has 0 aliphatic heterocycles. The van der Waals surface area contributed by atoms with Gasteiger partial charge < -0.3 is 0 Å². The molecule has 0 fully saturated rings. The molecule has 102 valence electrons. The fraction of sp³-hybridized carbons (Fsp3) is 0.286. The monoisotopic (exact) mass is 268 g/mol. The first kappa shape index (κ1) is 12.5. The van der Waals surface area contributed by atoms with Crippen molar-refractivity contribution < 1.29 is 0 Å². The van der Waals surface area contributed by atoms with Crippen molar-refractivity contribution in [3.8, 4) is 5.69 Å². The molecular weight excluding hydrogens is 252 g/mol. The van der Waals surface area contributed by atoms with E-state index in [2.05, 4.69) is 33.2 Å². The fourth-order valence-electron chi connectivity index (χ4n) is 2.24. The predicted octanol–water partition coefficient (Wildman–Crippen LogP) is 1.72. The van der Waals surface area contributed by atoms with Crippen molar-refractivity contribution in [1.29, 1.82) is 0 Å². The van der Waals surface area contributed by atoms with Crippen molar-refractivity contribution in [3.05, 3.63) is 54.1 Å². The maximum absolute atomic E-state index is 4.46. The molecule has 0 aliphatic rings. The number of nitrogens with zero attached hydrogens (tertiary/aromatic N) is 6. The number of rotatable bonds is 4. The Labute approximate surface area is 117 Å². The maximum Gasteiger partial charge on any atom is 0.138 e. The number of pyridine rings is 1. The molecular formula is C14H16N6. The lowest BCUT2D eigenvalue weighted by Crippen LogP contribution is -2.10. The first-order valence-corrected chi connectivity index (χ1v) is 6.54. The highest BCUT2D eigenvalue weighted by Crippen LogP contribution is 2.09. The van der Waals surface area contributed by atoms with Gasteiger partial charge in [0.25, 0.3) is 0 Å². The van der Waals surface area contributed by atoms with Gasteiger partial charge in [0.05, 0.1) is 17.6 Å². The molecule has 0 bridgehead atoms. The fourth-order valence-corrected chi connectivity index (χ4v) is 2.24. The second kappa shape index (κ2) is 5.24. The van der Waals surface area contributed by atoms with Crippen LogP contribution in [0, 0.1) is 13.8 Å². The minimum atomic E-state index is 0.775. The highest BCUT2D eigenvalue weighted by Gasteiger charge is 2.08. The van der Waals surface area contributed by atoms with E-state index >= 15 is 0 Å². The van der Waals surface area contributed by atoms with Crippen LogP contribution in [-0.4, -0.2) is 29.5 Å². The Morgan fingerprint density at radius 2 is 2.15 bits per heavy atom. The first-order valence-electron chi connectivity index (χ1n) is 6.54. The van der Waals surface area contributed by atoms with Crippen LogP contribution in [0.15, 0.2) is 36.9 Å². The Bertz CT molecular complexity index is 698. The number of hydrogen-bond donors (Lipinski definition) is 0. The van der Waals surface area contributed by atoms with E-state index < -0.39 is 0 Å². The molecule has 0 spiro atoms. The van der Waals surface area contributed by atoms with Crippen molar-refractivity contribution in [2.45, 2.75) is 26.8 Å². The van der Waals surface area contributed by atoms with Crippen LogP contribution in [0.1, 0.15) is 17.2 Å². The molecule has 6 nitrogen and oxygen atoms in total. The van der Waals surface area contributed by atoms with E-state index in [-0.39, 0.29) is 0 Å². The van der Waals surface area contributed by atoms with E-state index in [0.717, 1.165) is 35.9 Å². The summed E-state index contributed by atoms with van der Waals surface area (Å²) in [7, 11) is 0. The molecule has 0 aromatic carbocycles. The van der Waals surface area contributed by atoms with E-state index in [0.29, 0.717) is 0 Å². The van der Waals surface area contributed by atoms with E-state index in [4.69, 9.17) is 0 Å². The average Bonchev–Trinajstić information content (AvgIpc) is 3.04. The molecule has 0 saturated heterocycles. The van der Waals surface area contributed by atoms with Crippen LogP contribution < -0.4 is 0 Å². The molecule has 3 aromatic rings. The summed E-state index contributed by atoms with van der Waals surface area (Å²) < 4.78 is 3.82. The largest absolute Gasteiger partial charge is 0.269 e. The second-order valence-electron chi connectivity index (χ2n) is 4.70. The molecule has 0 atom stereocenters. The maximum atomic E-state index is 4.46. The van der Waals surface area contributed by atoms with E-state index in [1.54, 1.807) is 18.7 Å². The van der Waals surface area contributed by atoms with Gasteiger partial charge in [0.2, 0.25) is 0 Å². The topological polar surface area (TPSA) is 61.4 Å². The molecule has 0 N–H and O–H groups in total. The molecule has 3 rings (SSSR count). The van der Waals surface area contributed by atoms with Crippen molar-refractivity contribution >= 4 is 0 Å². The quantitative estimate of drug-likeness (QED) is 0.723. The van der Waals surface area contributed by atoms with Crippen LogP contribution in [-0.2, 0) is 13.0 Å². The predicted molar refractivity (Wildman–Crippen MR) is 74.6 cm³/mol. The number of aryl methyl sites for hydroxylation is 4. The van der Waals surface area contributed by atoms with E-state index in [9.17, 15) is 0 Å². The highest BCUT2D eigenvalue weighted by molar-refractivity contribution is 5.27. The summed E-state index contributed by atoms with van der Waals surface area (Å²) in [5.41, 5.74) is 3.12. The Kier molecular flexibility index (Phi) is 3.28. The molecule has 20 heavy (non-hydrogen) atoms. The zero-order valence-corrected chi connectivity index (χ0v) is 11.6. The average molecular weight is 268 g/mol. The summed E-state index contributed by atoms with van der Waals surface area (Å²) >= 11 is 0. The normalized spacial score (nSPS) is 10.9. The highest BCUT2D eigenvalue weighted by atomic mass is 15.3. The van der Waals surface area contributed by atoms with E-state index in [1.807, 2.05) is 28.4 Å².